The van der Waals surface area contributed by atoms with Crippen LogP contribution in [0, 0.1) is 0 Å². The van der Waals surface area contributed by atoms with Crippen LogP contribution in [0.4, 0.5) is 0 Å². The fourth-order valence-electron chi connectivity index (χ4n) is 3.74. The van der Waals surface area contributed by atoms with Gasteiger partial charge in [-0.3, -0.25) is 4.79 Å². The lowest BCUT2D eigenvalue weighted by molar-refractivity contribution is 0.0655. The fourth-order valence-corrected chi connectivity index (χ4v) is 5.44. The number of ether oxygens (including phenoxy) is 1. The zero-order valence-electron chi connectivity index (χ0n) is 16.1. The van der Waals surface area contributed by atoms with E-state index in [1.54, 1.807) is 17.0 Å². The zero-order valence-corrected chi connectivity index (χ0v) is 16.9. The maximum absolute atomic E-state index is 13.2. The van der Waals surface area contributed by atoms with Crippen molar-refractivity contribution in [2.45, 2.75) is 43.5 Å². The Morgan fingerprint density at radius 3 is 2.48 bits per heavy atom. The van der Waals surface area contributed by atoms with Crippen molar-refractivity contribution in [3.63, 3.8) is 0 Å². The second-order valence-electron chi connectivity index (χ2n) is 7.24. The number of carbonyl (C=O) groups is 1. The van der Waals surface area contributed by atoms with Crippen molar-refractivity contribution in [1.29, 1.82) is 0 Å². The van der Waals surface area contributed by atoms with Gasteiger partial charge in [0.25, 0.3) is 5.91 Å². The van der Waals surface area contributed by atoms with Gasteiger partial charge in [-0.25, -0.2) is 8.42 Å². The van der Waals surface area contributed by atoms with E-state index in [2.05, 4.69) is 5.32 Å². The van der Waals surface area contributed by atoms with Crippen molar-refractivity contribution in [2.75, 3.05) is 39.8 Å². The van der Waals surface area contributed by atoms with Crippen molar-refractivity contribution >= 4 is 15.9 Å². The predicted octanol–water partition coefficient (Wildman–Crippen LogP) is 1.69. The molecule has 1 aromatic rings. The minimum Gasteiger partial charge on any atom is -0.495 e. The molecule has 0 saturated carbocycles. The maximum Gasteiger partial charge on any atom is 0.254 e. The quantitative estimate of drug-likeness (QED) is 0.839. The third-order valence-electron chi connectivity index (χ3n) is 5.36. The number of amides is 1. The second kappa shape index (κ2) is 8.58. The summed E-state index contributed by atoms with van der Waals surface area (Å²) in [6.45, 7) is 5.10. The van der Waals surface area contributed by atoms with Gasteiger partial charge in [0.2, 0.25) is 10.0 Å². The van der Waals surface area contributed by atoms with Crippen LogP contribution < -0.4 is 10.1 Å². The van der Waals surface area contributed by atoms with E-state index in [0.29, 0.717) is 25.2 Å². The van der Waals surface area contributed by atoms with Gasteiger partial charge in [0.1, 0.15) is 10.6 Å². The van der Waals surface area contributed by atoms with Gasteiger partial charge in [0, 0.05) is 44.3 Å². The first-order chi connectivity index (χ1) is 12.9. The molecule has 0 aliphatic carbocycles. The largest absolute Gasteiger partial charge is 0.495 e. The van der Waals surface area contributed by atoms with Gasteiger partial charge in [-0.05, 0) is 38.0 Å². The molecule has 1 N–H and O–H groups in total. The molecule has 7 nitrogen and oxygen atoms in total. The normalized spacial score (nSPS) is 22.3. The molecule has 2 aliphatic rings. The summed E-state index contributed by atoms with van der Waals surface area (Å²) in [5.74, 6) is 0.142. The summed E-state index contributed by atoms with van der Waals surface area (Å²) in [6, 6.07) is 4.79. The fraction of sp³-hybridized carbons (Fsp3) is 0.632. The molecular weight excluding hydrogens is 366 g/mol. The third-order valence-corrected chi connectivity index (χ3v) is 7.28. The maximum atomic E-state index is 13.2. The van der Waals surface area contributed by atoms with Crippen molar-refractivity contribution in [3.8, 4) is 5.75 Å². The summed E-state index contributed by atoms with van der Waals surface area (Å²) >= 11 is 0. The Bertz CT molecular complexity index is 773. The molecule has 2 fully saturated rings. The Morgan fingerprint density at radius 1 is 1.15 bits per heavy atom. The molecule has 1 unspecified atom stereocenters. The molecule has 2 heterocycles. The minimum absolute atomic E-state index is 0.0685. The molecule has 150 valence electrons. The van der Waals surface area contributed by atoms with E-state index in [1.807, 2.05) is 6.92 Å². The van der Waals surface area contributed by atoms with Gasteiger partial charge >= 0.3 is 0 Å². The van der Waals surface area contributed by atoms with E-state index in [0.717, 1.165) is 38.8 Å². The van der Waals surface area contributed by atoms with Gasteiger partial charge in [-0.1, -0.05) is 12.8 Å². The highest BCUT2D eigenvalue weighted by molar-refractivity contribution is 7.89. The monoisotopic (exact) mass is 395 g/mol. The smallest absolute Gasteiger partial charge is 0.254 e. The third kappa shape index (κ3) is 4.28. The first-order valence-electron chi connectivity index (χ1n) is 9.65. The molecular formula is C19H29N3O4S. The highest BCUT2D eigenvalue weighted by Crippen LogP contribution is 2.30. The molecule has 2 saturated heterocycles. The SMILES string of the molecule is COc1ccc(C(=O)N2CCNCC2C)cc1S(=O)(=O)N1CCCCCC1. The van der Waals surface area contributed by atoms with Crippen molar-refractivity contribution in [3.05, 3.63) is 23.8 Å². The lowest BCUT2D eigenvalue weighted by Gasteiger charge is -2.34. The first kappa shape index (κ1) is 20.1. The number of piperazine rings is 1. The molecule has 8 heteroatoms. The van der Waals surface area contributed by atoms with Crippen molar-refractivity contribution < 1.29 is 17.9 Å². The van der Waals surface area contributed by atoms with Crippen LogP contribution in [-0.2, 0) is 10.0 Å². The average Bonchev–Trinajstić information content (AvgIpc) is 2.97. The first-order valence-corrected chi connectivity index (χ1v) is 11.1. The summed E-state index contributed by atoms with van der Waals surface area (Å²) in [6.07, 6.45) is 3.81. The summed E-state index contributed by atoms with van der Waals surface area (Å²) in [7, 11) is -2.25. The highest BCUT2D eigenvalue weighted by Gasteiger charge is 2.31. The minimum atomic E-state index is -3.70. The summed E-state index contributed by atoms with van der Waals surface area (Å²) < 4.78 is 33.3. The van der Waals surface area contributed by atoms with Crippen molar-refractivity contribution in [1.82, 2.24) is 14.5 Å². The highest BCUT2D eigenvalue weighted by atomic mass is 32.2. The molecule has 1 atom stereocenters. The van der Waals surface area contributed by atoms with Crippen LogP contribution in [0.3, 0.4) is 0 Å². The number of hydrogen-bond donors (Lipinski definition) is 1. The lowest BCUT2D eigenvalue weighted by atomic mass is 10.1. The number of nitrogens with one attached hydrogen (secondary N) is 1. The van der Waals surface area contributed by atoms with Gasteiger partial charge in [-0.2, -0.15) is 4.31 Å². The zero-order chi connectivity index (χ0) is 19.4. The van der Waals surface area contributed by atoms with E-state index in [-0.39, 0.29) is 22.6 Å². The Balaban J connectivity index is 1.94. The predicted molar refractivity (Wildman–Crippen MR) is 104 cm³/mol. The van der Waals surface area contributed by atoms with Gasteiger partial charge in [-0.15, -0.1) is 0 Å². The topological polar surface area (TPSA) is 79.0 Å². The number of carbonyl (C=O) groups excluding carboxylic acids is 1. The van der Waals surface area contributed by atoms with Gasteiger partial charge in [0.15, 0.2) is 0 Å². The Hall–Kier alpha value is -1.64. The average molecular weight is 396 g/mol. The van der Waals surface area contributed by atoms with Crippen LogP contribution >= 0.6 is 0 Å². The number of hydrogen-bond acceptors (Lipinski definition) is 5. The molecule has 0 radical (unpaired) electrons. The van der Waals surface area contributed by atoms with E-state index < -0.39 is 10.0 Å². The summed E-state index contributed by atoms with van der Waals surface area (Å²) in [5, 5.41) is 3.26. The molecule has 1 amide bonds. The Morgan fingerprint density at radius 2 is 1.85 bits per heavy atom. The molecule has 0 spiro atoms. The molecule has 3 rings (SSSR count). The van der Waals surface area contributed by atoms with Crippen molar-refractivity contribution in [2.24, 2.45) is 0 Å². The van der Waals surface area contributed by atoms with E-state index >= 15 is 0 Å². The number of benzene rings is 1. The molecule has 27 heavy (non-hydrogen) atoms. The molecule has 1 aromatic carbocycles. The van der Waals surface area contributed by atoms with Gasteiger partial charge in [0.05, 0.1) is 7.11 Å². The van der Waals surface area contributed by atoms with Gasteiger partial charge < -0.3 is 15.0 Å². The number of methoxy groups -OCH3 is 1. The van der Waals surface area contributed by atoms with Crippen LogP contribution in [0.25, 0.3) is 0 Å². The van der Waals surface area contributed by atoms with E-state index in [4.69, 9.17) is 4.74 Å². The van der Waals surface area contributed by atoms with Crippen LogP contribution in [0.15, 0.2) is 23.1 Å². The standard InChI is InChI=1S/C19H29N3O4S/c1-15-14-20-9-12-22(15)19(23)16-7-8-17(26-2)18(13-16)27(24,25)21-10-5-3-4-6-11-21/h7-8,13,15,20H,3-6,9-12,14H2,1-2H3. The molecule has 0 bridgehead atoms. The number of sulfonamides is 1. The van der Waals surface area contributed by atoms with Crippen LogP contribution in [0.1, 0.15) is 43.0 Å². The van der Waals surface area contributed by atoms with E-state index in [1.165, 1.54) is 17.5 Å². The number of rotatable bonds is 4. The Labute approximate surface area is 161 Å². The summed E-state index contributed by atoms with van der Waals surface area (Å²) in [5.41, 5.74) is 0.387. The second-order valence-corrected chi connectivity index (χ2v) is 9.14. The molecule has 2 aliphatic heterocycles. The molecule has 0 aromatic heterocycles. The van der Waals surface area contributed by atoms with E-state index in [9.17, 15) is 13.2 Å². The number of nitrogens with zero attached hydrogens (tertiary/aromatic N) is 2. The summed E-state index contributed by atoms with van der Waals surface area (Å²) in [4.78, 5) is 14.8. The van der Waals surface area contributed by atoms with Crippen LogP contribution in [-0.4, -0.2) is 69.4 Å². The Kier molecular flexibility index (Phi) is 6.39. The van der Waals surface area contributed by atoms with Crippen LogP contribution in [0.2, 0.25) is 0 Å². The van der Waals surface area contributed by atoms with Crippen LogP contribution in [0.5, 0.6) is 5.75 Å². The lowest BCUT2D eigenvalue weighted by Crippen LogP contribution is -2.52.